The Morgan fingerprint density at radius 2 is 1.86 bits per heavy atom. The van der Waals surface area contributed by atoms with Gasteiger partial charge in [-0.2, -0.15) is 0 Å². The van der Waals surface area contributed by atoms with Gasteiger partial charge >= 0.3 is 0 Å². The van der Waals surface area contributed by atoms with Crippen LogP contribution in [0.4, 0.5) is 5.69 Å². The molecule has 108 valence electrons. The number of anilines is 1. The van der Waals surface area contributed by atoms with Gasteiger partial charge in [0, 0.05) is 18.8 Å². The first-order valence-electron chi connectivity index (χ1n) is 7.16. The van der Waals surface area contributed by atoms with Gasteiger partial charge in [0.05, 0.1) is 5.56 Å². The molecule has 4 nitrogen and oxygen atoms in total. The minimum Gasteiger partial charge on any atom is -0.507 e. The van der Waals surface area contributed by atoms with Crippen molar-refractivity contribution in [1.29, 1.82) is 0 Å². The lowest BCUT2D eigenvalue weighted by Gasteiger charge is -2.21. The van der Waals surface area contributed by atoms with Crippen LogP contribution in [0.2, 0.25) is 0 Å². The van der Waals surface area contributed by atoms with Crippen LogP contribution in [0.25, 0.3) is 22.6 Å². The first kappa shape index (κ1) is 13.5. The average molecular weight is 282 g/mol. The van der Waals surface area contributed by atoms with Gasteiger partial charge in [0.15, 0.2) is 5.58 Å². The number of aromatic hydroxyl groups is 1. The van der Waals surface area contributed by atoms with Crippen LogP contribution in [0.15, 0.2) is 46.9 Å². The second-order valence-electron chi connectivity index (χ2n) is 4.86. The Balaban J connectivity index is 2.10. The Morgan fingerprint density at radius 1 is 1.10 bits per heavy atom. The molecule has 0 radical (unpaired) electrons. The maximum absolute atomic E-state index is 10.1. The van der Waals surface area contributed by atoms with Crippen LogP contribution in [0.5, 0.6) is 5.75 Å². The van der Waals surface area contributed by atoms with Crippen LogP contribution >= 0.6 is 0 Å². The third-order valence-corrected chi connectivity index (χ3v) is 3.63. The first-order valence-corrected chi connectivity index (χ1v) is 7.16. The Morgan fingerprint density at radius 3 is 2.57 bits per heavy atom. The molecule has 0 atom stereocenters. The van der Waals surface area contributed by atoms with Gasteiger partial charge in [-0.1, -0.05) is 12.1 Å². The zero-order chi connectivity index (χ0) is 14.8. The van der Waals surface area contributed by atoms with Crippen LogP contribution < -0.4 is 4.90 Å². The van der Waals surface area contributed by atoms with E-state index in [1.807, 2.05) is 36.4 Å². The van der Waals surface area contributed by atoms with E-state index in [0.717, 1.165) is 29.9 Å². The van der Waals surface area contributed by atoms with Crippen molar-refractivity contribution in [3.63, 3.8) is 0 Å². The van der Waals surface area contributed by atoms with Crippen molar-refractivity contribution in [2.45, 2.75) is 13.8 Å². The second-order valence-corrected chi connectivity index (χ2v) is 4.86. The Kier molecular flexibility index (Phi) is 3.52. The van der Waals surface area contributed by atoms with Crippen LogP contribution in [0.1, 0.15) is 13.8 Å². The van der Waals surface area contributed by atoms with Crippen molar-refractivity contribution in [2.75, 3.05) is 18.0 Å². The number of rotatable bonds is 4. The van der Waals surface area contributed by atoms with E-state index in [1.54, 1.807) is 6.07 Å². The summed E-state index contributed by atoms with van der Waals surface area (Å²) in [5, 5.41) is 10.1. The second kappa shape index (κ2) is 5.48. The van der Waals surface area contributed by atoms with Gasteiger partial charge in [-0.3, -0.25) is 0 Å². The molecule has 0 aliphatic rings. The lowest BCUT2D eigenvalue weighted by molar-refractivity contribution is 0.474. The van der Waals surface area contributed by atoms with E-state index in [4.69, 9.17) is 4.42 Å². The number of aromatic nitrogens is 1. The number of para-hydroxylation sites is 2. The van der Waals surface area contributed by atoms with Crippen LogP contribution in [-0.4, -0.2) is 23.2 Å². The van der Waals surface area contributed by atoms with Gasteiger partial charge < -0.3 is 14.4 Å². The quantitative estimate of drug-likeness (QED) is 0.784. The average Bonchev–Trinajstić information content (AvgIpc) is 2.93. The largest absolute Gasteiger partial charge is 0.507 e. The standard InChI is InChI=1S/C17H18N2O2/c1-3-19(4-2)12-9-10-15(20)13(11-12)17-18-14-7-5-6-8-16(14)21-17/h5-11,20H,3-4H2,1-2H3. The molecule has 0 saturated carbocycles. The summed E-state index contributed by atoms with van der Waals surface area (Å²) in [6.07, 6.45) is 0. The van der Waals surface area contributed by atoms with Crippen LogP contribution in [0.3, 0.4) is 0 Å². The monoisotopic (exact) mass is 282 g/mol. The minimum atomic E-state index is 0.178. The molecule has 2 aromatic carbocycles. The van der Waals surface area contributed by atoms with Crippen LogP contribution in [-0.2, 0) is 0 Å². The molecule has 0 unspecified atom stereocenters. The highest BCUT2D eigenvalue weighted by atomic mass is 16.3. The fourth-order valence-electron chi connectivity index (χ4n) is 2.47. The molecular formula is C17H18N2O2. The molecule has 1 heterocycles. The normalized spacial score (nSPS) is 11.0. The van der Waals surface area contributed by atoms with Gasteiger partial charge in [-0.25, -0.2) is 4.98 Å². The van der Waals surface area contributed by atoms with Gasteiger partial charge in [0.1, 0.15) is 11.3 Å². The number of fused-ring (bicyclic) bond motifs is 1. The molecule has 4 heteroatoms. The number of hydrogen-bond donors (Lipinski definition) is 1. The summed E-state index contributed by atoms with van der Waals surface area (Å²) in [6.45, 7) is 6.04. The summed E-state index contributed by atoms with van der Waals surface area (Å²) < 4.78 is 5.75. The van der Waals surface area contributed by atoms with Gasteiger partial charge in [-0.05, 0) is 44.2 Å². The summed E-state index contributed by atoms with van der Waals surface area (Å²) in [7, 11) is 0. The highest BCUT2D eigenvalue weighted by Gasteiger charge is 2.14. The number of benzene rings is 2. The Labute approximate surface area is 123 Å². The smallest absolute Gasteiger partial charge is 0.231 e. The fraction of sp³-hybridized carbons (Fsp3) is 0.235. The topological polar surface area (TPSA) is 49.5 Å². The molecule has 3 rings (SSSR count). The van der Waals surface area contributed by atoms with Crippen molar-refractivity contribution < 1.29 is 9.52 Å². The maximum Gasteiger partial charge on any atom is 0.231 e. The van der Waals surface area contributed by atoms with E-state index in [0.29, 0.717) is 11.5 Å². The molecule has 1 N–H and O–H groups in total. The number of phenolic OH excluding ortho intramolecular Hbond substituents is 1. The summed E-state index contributed by atoms with van der Waals surface area (Å²) >= 11 is 0. The summed E-state index contributed by atoms with van der Waals surface area (Å²) in [5.74, 6) is 0.625. The van der Waals surface area contributed by atoms with Crippen molar-refractivity contribution in [3.05, 3.63) is 42.5 Å². The molecule has 0 bridgehead atoms. The SMILES string of the molecule is CCN(CC)c1ccc(O)c(-c2nc3ccccc3o2)c1. The molecule has 0 aliphatic heterocycles. The molecule has 0 aliphatic carbocycles. The lowest BCUT2D eigenvalue weighted by atomic mass is 10.1. The molecular weight excluding hydrogens is 264 g/mol. The minimum absolute atomic E-state index is 0.178. The van der Waals surface area contributed by atoms with E-state index >= 15 is 0 Å². The van der Waals surface area contributed by atoms with Gasteiger partial charge in [0.25, 0.3) is 0 Å². The maximum atomic E-state index is 10.1. The molecule has 1 aromatic heterocycles. The van der Waals surface area contributed by atoms with Crippen LogP contribution in [0, 0.1) is 0 Å². The first-order chi connectivity index (χ1) is 10.2. The van der Waals surface area contributed by atoms with E-state index in [-0.39, 0.29) is 5.75 Å². The molecule has 3 aromatic rings. The van der Waals surface area contributed by atoms with E-state index < -0.39 is 0 Å². The van der Waals surface area contributed by atoms with E-state index in [1.165, 1.54) is 0 Å². The highest BCUT2D eigenvalue weighted by Crippen LogP contribution is 2.34. The van der Waals surface area contributed by atoms with E-state index in [2.05, 4.69) is 23.7 Å². The number of phenols is 1. The number of nitrogens with zero attached hydrogens (tertiary/aromatic N) is 2. The summed E-state index contributed by atoms with van der Waals surface area (Å²) in [6, 6.07) is 13.1. The van der Waals surface area contributed by atoms with Crippen molar-refractivity contribution >= 4 is 16.8 Å². The molecule has 0 fully saturated rings. The molecule has 0 saturated heterocycles. The van der Waals surface area contributed by atoms with Gasteiger partial charge in [-0.15, -0.1) is 0 Å². The van der Waals surface area contributed by atoms with Crippen molar-refractivity contribution in [2.24, 2.45) is 0 Å². The predicted molar refractivity (Wildman–Crippen MR) is 84.7 cm³/mol. The number of hydrogen-bond acceptors (Lipinski definition) is 4. The van der Waals surface area contributed by atoms with Crippen molar-refractivity contribution in [3.8, 4) is 17.2 Å². The highest BCUT2D eigenvalue weighted by molar-refractivity contribution is 5.78. The van der Waals surface area contributed by atoms with E-state index in [9.17, 15) is 5.11 Å². The fourth-order valence-corrected chi connectivity index (χ4v) is 2.47. The number of oxazole rings is 1. The third kappa shape index (κ3) is 2.44. The zero-order valence-electron chi connectivity index (χ0n) is 12.2. The Hall–Kier alpha value is -2.49. The molecule has 0 amide bonds. The molecule has 21 heavy (non-hydrogen) atoms. The Bertz CT molecular complexity index is 727. The van der Waals surface area contributed by atoms with Gasteiger partial charge in [0.2, 0.25) is 5.89 Å². The lowest BCUT2D eigenvalue weighted by Crippen LogP contribution is -2.21. The third-order valence-electron chi connectivity index (χ3n) is 3.63. The zero-order valence-corrected chi connectivity index (χ0v) is 12.2. The summed E-state index contributed by atoms with van der Waals surface area (Å²) in [5.41, 5.74) is 3.19. The van der Waals surface area contributed by atoms with Crippen molar-refractivity contribution in [1.82, 2.24) is 4.98 Å². The summed E-state index contributed by atoms with van der Waals surface area (Å²) in [4.78, 5) is 6.66. The predicted octanol–water partition coefficient (Wildman–Crippen LogP) is 4.05. The molecule has 0 spiro atoms.